The molecule has 1 amide bonds. The van der Waals surface area contributed by atoms with Crippen LogP contribution in [0.2, 0.25) is 0 Å². The second-order valence-electron chi connectivity index (χ2n) is 9.59. The number of fused-ring (bicyclic) bond motifs is 2. The van der Waals surface area contributed by atoms with Gasteiger partial charge in [-0.3, -0.25) is 9.59 Å². The first kappa shape index (κ1) is 23.6. The van der Waals surface area contributed by atoms with Gasteiger partial charge in [0.1, 0.15) is 23.4 Å². The molecular formula is C29H26N6O3. The van der Waals surface area contributed by atoms with Crippen LogP contribution in [0.25, 0.3) is 22.5 Å². The predicted molar refractivity (Wildman–Crippen MR) is 144 cm³/mol. The Bertz CT molecular complexity index is 1720. The zero-order chi connectivity index (χ0) is 26.2. The van der Waals surface area contributed by atoms with Crippen LogP contribution in [0.4, 0.5) is 11.5 Å². The standard InChI is InChI=1S/C29H26N6O3/c1-18(2)35-17-30-33-28(35)22-10-6-12-26(32-22)31-21-9-5-11-24-27(21)23(36)15-25(38-24)29(37)34-14-13-19-7-3-4-8-20(19)16-34/h3-12,15,17-18H,13-14,16H2,1-2H3,(H,31,32). The highest BCUT2D eigenvalue weighted by molar-refractivity contribution is 5.96. The molecule has 3 aromatic heterocycles. The topological polar surface area (TPSA) is 106 Å². The Morgan fingerprint density at radius 1 is 1.03 bits per heavy atom. The molecule has 0 atom stereocenters. The molecule has 0 saturated carbocycles. The molecule has 0 radical (unpaired) electrons. The van der Waals surface area contributed by atoms with Crippen molar-refractivity contribution in [2.75, 3.05) is 11.9 Å². The largest absolute Gasteiger partial charge is 0.451 e. The van der Waals surface area contributed by atoms with Gasteiger partial charge < -0.3 is 19.2 Å². The van der Waals surface area contributed by atoms with Crippen LogP contribution < -0.4 is 10.7 Å². The summed E-state index contributed by atoms with van der Waals surface area (Å²) < 4.78 is 7.92. The number of aromatic nitrogens is 4. The highest BCUT2D eigenvalue weighted by Gasteiger charge is 2.24. The minimum Gasteiger partial charge on any atom is -0.451 e. The number of hydrogen-bond donors (Lipinski definition) is 1. The number of benzene rings is 2. The number of nitrogens with one attached hydrogen (secondary N) is 1. The van der Waals surface area contributed by atoms with Gasteiger partial charge in [0.2, 0.25) is 0 Å². The lowest BCUT2D eigenvalue weighted by Crippen LogP contribution is -2.36. The van der Waals surface area contributed by atoms with Crippen molar-refractivity contribution in [3.63, 3.8) is 0 Å². The van der Waals surface area contributed by atoms with Crippen LogP contribution in [0.15, 0.2) is 82.3 Å². The smallest absolute Gasteiger partial charge is 0.290 e. The van der Waals surface area contributed by atoms with Crippen LogP contribution in [0.5, 0.6) is 0 Å². The van der Waals surface area contributed by atoms with Crippen LogP contribution in [0, 0.1) is 0 Å². The van der Waals surface area contributed by atoms with Gasteiger partial charge in [-0.2, -0.15) is 0 Å². The van der Waals surface area contributed by atoms with Crippen molar-refractivity contribution >= 4 is 28.4 Å². The van der Waals surface area contributed by atoms with Gasteiger partial charge in [-0.05, 0) is 55.7 Å². The summed E-state index contributed by atoms with van der Waals surface area (Å²) in [6.07, 6.45) is 2.45. The van der Waals surface area contributed by atoms with E-state index in [0.717, 1.165) is 12.0 Å². The molecule has 0 saturated heterocycles. The molecule has 1 aliphatic rings. The Kier molecular flexibility index (Phi) is 5.95. The fourth-order valence-corrected chi connectivity index (χ4v) is 4.81. The third-order valence-electron chi connectivity index (χ3n) is 6.75. The maximum Gasteiger partial charge on any atom is 0.290 e. The third-order valence-corrected chi connectivity index (χ3v) is 6.75. The van der Waals surface area contributed by atoms with Crippen LogP contribution in [0.1, 0.15) is 41.6 Å². The lowest BCUT2D eigenvalue weighted by molar-refractivity contribution is 0.0703. The molecule has 1 N–H and O–H groups in total. The molecule has 4 heterocycles. The summed E-state index contributed by atoms with van der Waals surface area (Å²) in [6, 6.07) is 20.3. The number of carbonyl (C=O) groups is 1. The van der Waals surface area contributed by atoms with E-state index in [2.05, 4.69) is 26.6 Å². The van der Waals surface area contributed by atoms with Crippen molar-refractivity contribution in [2.45, 2.75) is 32.9 Å². The van der Waals surface area contributed by atoms with E-state index >= 15 is 0 Å². The molecule has 38 heavy (non-hydrogen) atoms. The Hall–Kier alpha value is -4.79. The first-order chi connectivity index (χ1) is 18.5. The molecule has 9 nitrogen and oxygen atoms in total. The fourth-order valence-electron chi connectivity index (χ4n) is 4.81. The normalized spacial score (nSPS) is 13.1. The van der Waals surface area contributed by atoms with E-state index in [9.17, 15) is 9.59 Å². The van der Waals surface area contributed by atoms with Gasteiger partial charge in [-0.1, -0.05) is 36.4 Å². The van der Waals surface area contributed by atoms with E-state index in [-0.39, 0.29) is 23.1 Å². The molecular weight excluding hydrogens is 480 g/mol. The van der Waals surface area contributed by atoms with E-state index in [1.54, 1.807) is 29.4 Å². The number of nitrogens with zero attached hydrogens (tertiary/aromatic N) is 5. The molecule has 5 aromatic rings. The van der Waals surface area contributed by atoms with E-state index < -0.39 is 0 Å². The van der Waals surface area contributed by atoms with Crippen LogP contribution in [0.3, 0.4) is 0 Å². The van der Waals surface area contributed by atoms with E-state index in [1.807, 2.05) is 54.8 Å². The minimum absolute atomic E-state index is 0.0344. The molecule has 9 heteroatoms. The predicted octanol–water partition coefficient (Wildman–Crippen LogP) is 4.97. The molecule has 190 valence electrons. The van der Waals surface area contributed by atoms with Crippen molar-refractivity contribution in [1.29, 1.82) is 0 Å². The van der Waals surface area contributed by atoms with Gasteiger partial charge in [0.25, 0.3) is 5.91 Å². The van der Waals surface area contributed by atoms with Crippen molar-refractivity contribution < 1.29 is 9.21 Å². The first-order valence-corrected chi connectivity index (χ1v) is 12.5. The second-order valence-corrected chi connectivity index (χ2v) is 9.59. The summed E-state index contributed by atoms with van der Waals surface area (Å²) in [5.74, 6) is 0.942. The summed E-state index contributed by atoms with van der Waals surface area (Å²) in [5, 5.41) is 11.8. The molecule has 1 aliphatic heterocycles. The van der Waals surface area contributed by atoms with Crippen LogP contribution >= 0.6 is 0 Å². The highest BCUT2D eigenvalue weighted by Crippen LogP contribution is 2.27. The third kappa shape index (κ3) is 4.32. The van der Waals surface area contributed by atoms with E-state index in [0.29, 0.717) is 47.1 Å². The monoisotopic (exact) mass is 506 g/mol. The van der Waals surface area contributed by atoms with Crippen molar-refractivity contribution in [2.24, 2.45) is 0 Å². The van der Waals surface area contributed by atoms with Gasteiger partial charge in [0.15, 0.2) is 17.0 Å². The van der Waals surface area contributed by atoms with Crippen LogP contribution in [-0.4, -0.2) is 37.1 Å². The van der Waals surface area contributed by atoms with Gasteiger partial charge in [0, 0.05) is 25.2 Å². The quantitative estimate of drug-likeness (QED) is 0.359. The second kappa shape index (κ2) is 9.59. The number of carbonyl (C=O) groups excluding carboxylic acids is 1. The van der Waals surface area contributed by atoms with Gasteiger partial charge in [-0.25, -0.2) is 4.98 Å². The zero-order valence-corrected chi connectivity index (χ0v) is 21.1. The minimum atomic E-state index is -0.300. The molecule has 2 aromatic carbocycles. The highest BCUT2D eigenvalue weighted by atomic mass is 16.3. The average Bonchev–Trinajstić information content (AvgIpc) is 3.43. The van der Waals surface area contributed by atoms with Crippen molar-refractivity contribution in [1.82, 2.24) is 24.6 Å². The first-order valence-electron chi connectivity index (χ1n) is 12.5. The number of amides is 1. The maximum absolute atomic E-state index is 13.3. The number of anilines is 2. The van der Waals surface area contributed by atoms with E-state index in [4.69, 9.17) is 4.42 Å². The number of rotatable bonds is 5. The maximum atomic E-state index is 13.3. The van der Waals surface area contributed by atoms with Gasteiger partial charge >= 0.3 is 0 Å². The van der Waals surface area contributed by atoms with Crippen molar-refractivity contribution in [3.8, 4) is 11.5 Å². The van der Waals surface area contributed by atoms with Crippen LogP contribution in [-0.2, 0) is 13.0 Å². The Balaban J connectivity index is 1.30. The molecule has 0 bridgehead atoms. The average molecular weight is 507 g/mol. The summed E-state index contributed by atoms with van der Waals surface area (Å²) >= 11 is 0. The molecule has 6 rings (SSSR count). The Morgan fingerprint density at radius 3 is 2.68 bits per heavy atom. The fraction of sp³-hybridized carbons (Fsp3) is 0.207. The lowest BCUT2D eigenvalue weighted by Gasteiger charge is -2.28. The van der Waals surface area contributed by atoms with Gasteiger partial charge in [0.05, 0.1) is 11.1 Å². The molecule has 0 fully saturated rings. The molecule has 0 aliphatic carbocycles. The Labute approximate surface area is 218 Å². The molecule has 0 unspecified atom stereocenters. The van der Waals surface area contributed by atoms with E-state index in [1.165, 1.54) is 11.6 Å². The van der Waals surface area contributed by atoms with Gasteiger partial charge in [-0.15, -0.1) is 10.2 Å². The SMILES string of the molecule is CC(C)n1cnnc1-c1cccc(Nc2cccc3oc(C(=O)N4CCc5ccccc5C4)cc(=O)c23)n1. The summed E-state index contributed by atoms with van der Waals surface area (Å²) in [4.78, 5) is 32.9. The summed E-state index contributed by atoms with van der Waals surface area (Å²) in [5.41, 5.74) is 3.59. The van der Waals surface area contributed by atoms with Crippen molar-refractivity contribution in [3.05, 3.63) is 100 Å². The lowest BCUT2D eigenvalue weighted by atomic mass is 10.00. The summed E-state index contributed by atoms with van der Waals surface area (Å²) in [7, 11) is 0. The zero-order valence-electron chi connectivity index (χ0n) is 21.1. The number of pyridine rings is 1. The molecule has 0 spiro atoms. The summed E-state index contributed by atoms with van der Waals surface area (Å²) in [6.45, 7) is 5.16. The number of hydrogen-bond acceptors (Lipinski definition) is 7. The Morgan fingerprint density at radius 2 is 1.84 bits per heavy atom.